The normalized spacial score (nSPS) is 14.8. The predicted octanol–water partition coefficient (Wildman–Crippen LogP) is 2.39. The van der Waals surface area contributed by atoms with Crippen molar-refractivity contribution in [1.29, 1.82) is 0 Å². The summed E-state index contributed by atoms with van der Waals surface area (Å²) in [5.41, 5.74) is 2.42. The molecule has 0 unspecified atom stereocenters. The molecule has 0 aliphatic carbocycles. The monoisotopic (exact) mass is 429 g/mol. The summed E-state index contributed by atoms with van der Waals surface area (Å²) < 4.78 is 21.8. The van der Waals surface area contributed by atoms with Gasteiger partial charge in [0.1, 0.15) is 6.61 Å². The van der Waals surface area contributed by atoms with E-state index in [9.17, 15) is 4.79 Å². The van der Waals surface area contributed by atoms with E-state index in [0.29, 0.717) is 29.4 Å². The van der Waals surface area contributed by atoms with Crippen molar-refractivity contribution in [3.63, 3.8) is 0 Å². The summed E-state index contributed by atoms with van der Waals surface area (Å²) in [5.74, 6) is 1.66. The summed E-state index contributed by atoms with van der Waals surface area (Å²) in [6.45, 7) is 7.43. The molecule has 0 amide bonds. The number of rotatable bonds is 9. The van der Waals surface area contributed by atoms with Gasteiger partial charge in [-0.15, -0.1) is 0 Å². The van der Waals surface area contributed by atoms with E-state index >= 15 is 0 Å². The molecule has 31 heavy (non-hydrogen) atoms. The van der Waals surface area contributed by atoms with Crippen molar-refractivity contribution >= 4 is 5.97 Å². The molecule has 0 saturated carbocycles. The highest BCUT2D eigenvalue weighted by molar-refractivity contribution is 5.88. The minimum absolute atomic E-state index is 0.327. The van der Waals surface area contributed by atoms with Gasteiger partial charge in [0.2, 0.25) is 5.75 Å². The summed E-state index contributed by atoms with van der Waals surface area (Å²) in [4.78, 5) is 20.9. The average molecular weight is 430 g/mol. The molecule has 2 heterocycles. The van der Waals surface area contributed by atoms with E-state index in [0.717, 1.165) is 50.5 Å². The van der Waals surface area contributed by atoms with E-state index in [1.165, 1.54) is 0 Å². The van der Waals surface area contributed by atoms with E-state index in [-0.39, 0.29) is 5.97 Å². The number of methoxy groups -OCH3 is 3. The van der Waals surface area contributed by atoms with Crippen LogP contribution in [0, 0.1) is 6.92 Å². The third kappa shape index (κ3) is 5.86. The van der Waals surface area contributed by atoms with Gasteiger partial charge in [0.05, 0.1) is 26.9 Å². The Kier molecular flexibility index (Phi) is 8.08. The van der Waals surface area contributed by atoms with Crippen LogP contribution >= 0.6 is 0 Å². The highest BCUT2D eigenvalue weighted by Gasteiger charge is 2.21. The van der Waals surface area contributed by atoms with Gasteiger partial charge in [0, 0.05) is 56.7 Å². The number of benzene rings is 1. The SMILES string of the molecule is COc1ccc(CN2CCN(CCOC(=O)c3ccc(C)nc3)CC2)c(OC)c1OC. The Morgan fingerprint density at radius 2 is 1.65 bits per heavy atom. The largest absolute Gasteiger partial charge is 0.493 e. The Labute approximate surface area is 183 Å². The van der Waals surface area contributed by atoms with Crippen LogP contribution in [0.15, 0.2) is 30.5 Å². The average Bonchev–Trinajstić information content (AvgIpc) is 2.80. The highest BCUT2D eigenvalue weighted by atomic mass is 16.5. The maximum absolute atomic E-state index is 12.1. The van der Waals surface area contributed by atoms with E-state index in [2.05, 4.69) is 14.8 Å². The van der Waals surface area contributed by atoms with E-state index < -0.39 is 0 Å². The summed E-state index contributed by atoms with van der Waals surface area (Å²) >= 11 is 0. The third-order valence-corrected chi connectivity index (χ3v) is 5.43. The molecule has 1 aromatic heterocycles. The summed E-state index contributed by atoms with van der Waals surface area (Å²) in [7, 11) is 4.88. The zero-order valence-corrected chi connectivity index (χ0v) is 18.7. The van der Waals surface area contributed by atoms with Gasteiger partial charge in [0.25, 0.3) is 0 Å². The molecule has 0 spiro atoms. The van der Waals surface area contributed by atoms with Gasteiger partial charge in [-0.2, -0.15) is 0 Å². The first-order valence-corrected chi connectivity index (χ1v) is 10.4. The van der Waals surface area contributed by atoms with Crippen molar-refractivity contribution in [2.45, 2.75) is 13.5 Å². The van der Waals surface area contributed by atoms with Gasteiger partial charge < -0.3 is 18.9 Å². The number of aromatic nitrogens is 1. The first kappa shape index (κ1) is 22.8. The quantitative estimate of drug-likeness (QED) is 0.563. The summed E-state index contributed by atoms with van der Waals surface area (Å²) in [5, 5.41) is 0. The van der Waals surface area contributed by atoms with Crippen LogP contribution in [0.1, 0.15) is 21.6 Å². The smallest absolute Gasteiger partial charge is 0.339 e. The molecule has 3 rings (SSSR count). The lowest BCUT2D eigenvalue weighted by Gasteiger charge is -2.34. The van der Waals surface area contributed by atoms with Crippen LogP contribution in [-0.4, -0.2) is 81.4 Å². The molecule has 168 valence electrons. The van der Waals surface area contributed by atoms with Crippen molar-refractivity contribution in [2.75, 3.05) is 60.7 Å². The van der Waals surface area contributed by atoms with Crippen LogP contribution < -0.4 is 14.2 Å². The fraction of sp³-hybridized carbons (Fsp3) is 0.478. The first-order valence-electron chi connectivity index (χ1n) is 10.4. The molecule has 0 radical (unpaired) electrons. The van der Waals surface area contributed by atoms with Gasteiger partial charge in [-0.3, -0.25) is 14.8 Å². The maximum Gasteiger partial charge on any atom is 0.339 e. The van der Waals surface area contributed by atoms with E-state index in [1.54, 1.807) is 33.6 Å². The summed E-state index contributed by atoms with van der Waals surface area (Å²) in [6.07, 6.45) is 1.55. The lowest BCUT2D eigenvalue weighted by atomic mass is 10.1. The van der Waals surface area contributed by atoms with E-state index in [4.69, 9.17) is 18.9 Å². The van der Waals surface area contributed by atoms with Crippen LogP contribution in [0.25, 0.3) is 0 Å². The highest BCUT2D eigenvalue weighted by Crippen LogP contribution is 2.40. The molecule has 1 saturated heterocycles. The number of carbonyl (C=O) groups is 1. The molecule has 1 aliphatic heterocycles. The molecule has 1 fully saturated rings. The lowest BCUT2D eigenvalue weighted by Crippen LogP contribution is -2.46. The van der Waals surface area contributed by atoms with Crippen LogP contribution in [0.4, 0.5) is 0 Å². The van der Waals surface area contributed by atoms with Crippen LogP contribution in [0.3, 0.4) is 0 Å². The van der Waals surface area contributed by atoms with Gasteiger partial charge in [-0.25, -0.2) is 4.79 Å². The molecular formula is C23H31N3O5. The van der Waals surface area contributed by atoms with Crippen LogP contribution in [0.2, 0.25) is 0 Å². The molecule has 2 aromatic rings. The molecular weight excluding hydrogens is 398 g/mol. The van der Waals surface area contributed by atoms with Crippen molar-refractivity contribution in [3.05, 3.63) is 47.3 Å². The van der Waals surface area contributed by atoms with Crippen molar-refractivity contribution in [3.8, 4) is 17.2 Å². The van der Waals surface area contributed by atoms with Crippen LogP contribution in [-0.2, 0) is 11.3 Å². The number of hydrogen-bond donors (Lipinski definition) is 0. The minimum atomic E-state index is -0.327. The number of pyridine rings is 1. The van der Waals surface area contributed by atoms with Crippen molar-refractivity contribution < 1.29 is 23.7 Å². The Hall–Kier alpha value is -2.84. The molecule has 0 N–H and O–H groups in total. The number of nitrogens with zero attached hydrogens (tertiary/aromatic N) is 3. The summed E-state index contributed by atoms with van der Waals surface area (Å²) in [6, 6.07) is 7.48. The van der Waals surface area contributed by atoms with Gasteiger partial charge in [0.15, 0.2) is 11.5 Å². The second kappa shape index (κ2) is 11.0. The molecule has 8 heteroatoms. The Morgan fingerprint density at radius 3 is 2.26 bits per heavy atom. The molecule has 1 aliphatic rings. The Bertz CT molecular complexity index is 864. The number of piperazine rings is 1. The Morgan fingerprint density at radius 1 is 0.935 bits per heavy atom. The fourth-order valence-corrected chi connectivity index (χ4v) is 3.64. The van der Waals surface area contributed by atoms with Crippen molar-refractivity contribution in [1.82, 2.24) is 14.8 Å². The molecule has 0 atom stereocenters. The standard InChI is InChI=1S/C23H31N3O5/c1-17-5-6-18(15-24-17)23(27)31-14-13-25-9-11-26(12-10-25)16-19-7-8-20(28-2)22(30-4)21(19)29-3/h5-8,15H,9-14,16H2,1-4H3. The number of hydrogen-bond acceptors (Lipinski definition) is 8. The Balaban J connectivity index is 1.46. The molecule has 0 bridgehead atoms. The molecule has 1 aromatic carbocycles. The topological polar surface area (TPSA) is 73.4 Å². The van der Waals surface area contributed by atoms with Crippen molar-refractivity contribution in [2.24, 2.45) is 0 Å². The second-order valence-electron chi connectivity index (χ2n) is 7.44. The number of carbonyl (C=O) groups excluding carboxylic acids is 1. The van der Waals surface area contributed by atoms with Crippen LogP contribution in [0.5, 0.6) is 17.2 Å². The van der Waals surface area contributed by atoms with Gasteiger partial charge >= 0.3 is 5.97 Å². The first-order chi connectivity index (χ1) is 15.0. The maximum atomic E-state index is 12.1. The number of aryl methyl sites for hydroxylation is 1. The zero-order chi connectivity index (χ0) is 22.2. The van der Waals surface area contributed by atoms with Gasteiger partial charge in [-0.1, -0.05) is 6.07 Å². The number of ether oxygens (including phenoxy) is 4. The number of esters is 1. The minimum Gasteiger partial charge on any atom is -0.493 e. The fourth-order valence-electron chi connectivity index (χ4n) is 3.64. The lowest BCUT2D eigenvalue weighted by molar-refractivity contribution is 0.0418. The van der Waals surface area contributed by atoms with E-state index in [1.807, 2.05) is 25.1 Å². The third-order valence-electron chi connectivity index (χ3n) is 5.43. The molecule has 8 nitrogen and oxygen atoms in total. The van der Waals surface area contributed by atoms with Gasteiger partial charge in [-0.05, 0) is 25.1 Å². The predicted molar refractivity (Wildman–Crippen MR) is 117 cm³/mol. The second-order valence-corrected chi connectivity index (χ2v) is 7.44. The zero-order valence-electron chi connectivity index (χ0n) is 18.7.